The second-order valence-electron chi connectivity index (χ2n) is 7.98. The first-order valence-electron chi connectivity index (χ1n) is 11.1. The van der Waals surface area contributed by atoms with E-state index in [1.54, 1.807) is 25.3 Å². The molecule has 0 aliphatic carbocycles. The molecule has 0 unspecified atom stereocenters. The number of benzene rings is 3. The molecule has 0 radical (unpaired) electrons. The molecular weight excluding hydrogens is 491 g/mol. The van der Waals surface area contributed by atoms with Crippen molar-refractivity contribution in [1.82, 2.24) is 0 Å². The Labute approximate surface area is 214 Å². The van der Waals surface area contributed by atoms with Gasteiger partial charge < -0.3 is 29.5 Å². The van der Waals surface area contributed by atoms with Crippen molar-refractivity contribution in [1.29, 1.82) is 0 Å². The van der Waals surface area contributed by atoms with E-state index in [9.17, 15) is 9.90 Å². The standard InChI is InChI=1S/C26H26Cl2N2O5/c1-33-24-13-17(12-22(28)25(24)35-16-18-4-2-3-5-21(18)27)15-29-19-6-7-23(20(14-19)26(31)32)30-8-10-34-11-9-30/h2-7,12-14,29H,8-11,15-16H2,1H3,(H,31,32). The van der Waals surface area contributed by atoms with Gasteiger partial charge in [0.2, 0.25) is 0 Å². The van der Waals surface area contributed by atoms with Crippen LogP contribution in [-0.4, -0.2) is 44.5 Å². The number of morpholine rings is 1. The van der Waals surface area contributed by atoms with Crippen molar-refractivity contribution >= 4 is 40.5 Å². The van der Waals surface area contributed by atoms with Crippen LogP contribution in [0.3, 0.4) is 0 Å². The van der Waals surface area contributed by atoms with Crippen LogP contribution in [0.1, 0.15) is 21.5 Å². The number of halogens is 2. The monoisotopic (exact) mass is 516 g/mol. The van der Waals surface area contributed by atoms with Crippen LogP contribution in [0.2, 0.25) is 10.0 Å². The molecule has 1 aliphatic heterocycles. The van der Waals surface area contributed by atoms with Gasteiger partial charge in [-0.3, -0.25) is 0 Å². The smallest absolute Gasteiger partial charge is 0.337 e. The fourth-order valence-corrected chi connectivity index (χ4v) is 4.36. The maximum absolute atomic E-state index is 11.9. The third kappa shape index (κ3) is 6.11. The van der Waals surface area contributed by atoms with E-state index in [0.717, 1.165) is 11.1 Å². The van der Waals surface area contributed by atoms with Gasteiger partial charge >= 0.3 is 5.97 Å². The fraction of sp³-hybridized carbons (Fsp3) is 0.269. The van der Waals surface area contributed by atoms with Crippen LogP contribution in [0, 0.1) is 0 Å². The molecule has 0 saturated carbocycles. The lowest BCUT2D eigenvalue weighted by molar-refractivity contribution is 0.0696. The quantitative estimate of drug-likeness (QED) is 0.375. The van der Waals surface area contributed by atoms with Gasteiger partial charge in [0.25, 0.3) is 0 Å². The van der Waals surface area contributed by atoms with Gasteiger partial charge in [-0.15, -0.1) is 0 Å². The molecule has 7 nitrogen and oxygen atoms in total. The Morgan fingerprint density at radius 2 is 1.86 bits per heavy atom. The summed E-state index contributed by atoms with van der Waals surface area (Å²) >= 11 is 12.7. The molecule has 0 amide bonds. The van der Waals surface area contributed by atoms with Crippen LogP contribution in [0.5, 0.6) is 11.5 Å². The van der Waals surface area contributed by atoms with Crippen molar-refractivity contribution in [2.24, 2.45) is 0 Å². The average molecular weight is 517 g/mol. The SMILES string of the molecule is COc1cc(CNc2ccc(N3CCOCC3)c(C(=O)O)c2)cc(Cl)c1OCc1ccccc1Cl. The number of carbonyl (C=O) groups is 1. The first-order chi connectivity index (χ1) is 17.0. The maximum Gasteiger partial charge on any atom is 0.337 e. The first-order valence-corrected chi connectivity index (χ1v) is 11.9. The third-order valence-electron chi connectivity index (χ3n) is 5.69. The lowest BCUT2D eigenvalue weighted by atomic mass is 10.1. The van der Waals surface area contributed by atoms with E-state index in [-0.39, 0.29) is 12.2 Å². The highest BCUT2D eigenvalue weighted by atomic mass is 35.5. The van der Waals surface area contributed by atoms with Crippen molar-refractivity contribution in [3.8, 4) is 11.5 Å². The van der Waals surface area contributed by atoms with Crippen molar-refractivity contribution in [2.75, 3.05) is 43.6 Å². The van der Waals surface area contributed by atoms with Crippen molar-refractivity contribution < 1.29 is 24.1 Å². The molecule has 1 heterocycles. The number of nitrogens with one attached hydrogen (secondary N) is 1. The third-order valence-corrected chi connectivity index (χ3v) is 6.34. The van der Waals surface area contributed by atoms with Crippen molar-refractivity contribution in [3.05, 3.63) is 81.3 Å². The van der Waals surface area contributed by atoms with E-state index in [0.29, 0.717) is 65.8 Å². The minimum atomic E-state index is -0.972. The van der Waals surface area contributed by atoms with Gasteiger partial charge in [-0.05, 0) is 42.0 Å². The van der Waals surface area contributed by atoms with Crippen LogP contribution < -0.4 is 19.7 Å². The largest absolute Gasteiger partial charge is 0.493 e. The topological polar surface area (TPSA) is 80.3 Å². The maximum atomic E-state index is 11.9. The van der Waals surface area contributed by atoms with Crippen LogP contribution in [0.25, 0.3) is 0 Å². The van der Waals surface area contributed by atoms with E-state index in [2.05, 4.69) is 5.32 Å². The molecule has 1 aliphatic rings. The van der Waals surface area contributed by atoms with Gasteiger partial charge in [0, 0.05) is 35.9 Å². The van der Waals surface area contributed by atoms with Crippen LogP contribution in [0.4, 0.5) is 11.4 Å². The molecule has 2 N–H and O–H groups in total. The summed E-state index contributed by atoms with van der Waals surface area (Å²) in [4.78, 5) is 13.9. The Bertz CT molecular complexity index is 1200. The second kappa shape index (κ2) is 11.5. The molecule has 0 spiro atoms. The van der Waals surface area contributed by atoms with Gasteiger partial charge in [-0.2, -0.15) is 0 Å². The van der Waals surface area contributed by atoms with Crippen LogP contribution >= 0.6 is 23.2 Å². The number of carboxylic acid groups (broad SMARTS) is 1. The number of nitrogens with zero attached hydrogens (tertiary/aromatic N) is 1. The summed E-state index contributed by atoms with van der Waals surface area (Å²) in [6.07, 6.45) is 0. The molecule has 9 heteroatoms. The summed E-state index contributed by atoms with van der Waals surface area (Å²) in [6.45, 7) is 3.16. The Kier molecular flexibility index (Phi) is 8.23. The predicted molar refractivity (Wildman–Crippen MR) is 138 cm³/mol. The molecule has 3 aromatic carbocycles. The zero-order valence-corrected chi connectivity index (χ0v) is 20.7. The van der Waals surface area contributed by atoms with E-state index in [1.165, 1.54) is 0 Å². The molecule has 0 bridgehead atoms. The molecule has 1 saturated heterocycles. The molecule has 0 atom stereocenters. The Morgan fingerprint density at radius 1 is 1.09 bits per heavy atom. The van der Waals surface area contributed by atoms with Crippen LogP contribution in [0.15, 0.2) is 54.6 Å². The van der Waals surface area contributed by atoms with E-state index < -0.39 is 5.97 Å². The summed E-state index contributed by atoms with van der Waals surface area (Å²) in [5.74, 6) is -0.0454. The normalized spacial score (nSPS) is 13.4. The second-order valence-corrected chi connectivity index (χ2v) is 8.79. The molecule has 184 valence electrons. The Hall–Kier alpha value is -3.13. The van der Waals surface area contributed by atoms with Gasteiger partial charge in [-0.25, -0.2) is 4.79 Å². The number of methoxy groups -OCH3 is 1. The number of carboxylic acids is 1. The minimum Gasteiger partial charge on any atom is -0.493 e. The first kappa shape index (κ1) is 25.0. The van der Waals surface area contributed by atoms with E-state index >= 15 is 0 Å². The number of aromatic carboxylic acids is 1. The molecule has 35 heavy (non-hydrogen) atoms. The van der Waals surface area contributed by atoms with Crippen molar-refractivity contribution in [2.45, 2.75) is 13.2 Å². The summed E-state index contributed by atoms with van der Waals surface area (Å²) in [7, 11) is 1.55. The summed E-state index contributed by atoms with van der Waals surface area (Å²) in [5.41, 5.74) is 3.32. The number of ether oxygens (including phenoxy) is 3. The molecule has 3 aromatic rings. The predicted octanol–water partition coefficient (Wildman–Crippen LogP) is 5.73. The zero-order chi connectivity index (χ0) is 24.8. The minimum absolute atomic E-state index is 0.246. The van der Waals surface area contributed by atoms with Gasteiger partial charge in [0.15, 0.2) is 11.5 Å². The van der Waals surface area contributed by atoms with E-state index in [4.69, 9.17) is 37.4 Å². The number of hydrogen-bond donors (Lipinski definition) is 2. The van der Waals surface area contributed by atoms with Gasteiger partial charge in [0.1, 0.15) is 6.61 Å². The molecule has 1 fully saturated rings. The highest BCUT2D eigenvalue weighted by Gasteiger charge is 2.19. The van der Waals surface area contributed by atoms with Crippen LogP contribution in [-0.2, 0) is 17.9 Å². The molecule has 4 rings (SSSR count). The average Bonchev–Trinajstić information content (AvgIpc) is 2.87. The lowest BCUT2D eigenvalue weighted by Crippen LogP contribution is -2.37. The summed E-state index contributed by atoms with van der Waals surface area (Å²) < 4.78 is 16.8. The fourth-order valence-electron chi connectivity index (χ4n) is 3.88. The van der Waals surface area contributed by atoms with Crippen molar-refractivity contribution in [3.63, 3.8) is 0 Å². The lowest BCUT2D eigenvalue weighted by Gasteiger charge is -2.30. The van der Waals surface area contributed by atoms with E-state index in [1.807, 2.05) is 41.3 Å². The Balaban J connectivity index is 1.47. The van der Waals surface area contributed by atoms with Gasteiger partial charge in [0.05, 0.1) is 36.6 Å². The summed E-state index contributed by atoms with van der Waals surface area (Å²) in [5, 5.41) is 14.0. The molecular formula is C26H26Cl2N2O5. The number of rotatable bonds is 9. The highest BCUT2D eigenvalue weighted by molar-refractivity contribution is 6.32. The molecule has 0 aromatic heterocycles. The zero-order valence-electron chi connectivity index (χ0n) is 19.2. The van der Waals surface area contributed by atoms with Gasteiger partial charge in [-0.1, -0.05) is 41.4 Å². The summed E-state index contributed by atoms with van der Waals surface area (Å²) in [6, 6.07) is 16.4. The highest BCUT2D eigenvalue weighted by Crippen LogP contribution is 2.37. The number of anilines is 2. The number of hydrogen-bond acceptors (Lipinski definition) is 6. The Morgan fingerprint density at radius 3 is 2.57 bits per heavy atom.